The first kappa shape index (κ1) is 6.05. The topological polar surface area (TPSA) is 32.3 Å². The van der Waals surface area contributed by atoms with E-state index in [9.17, 15) is 0 Å². The molecule has 2 atom stereocenters. The number of aliphatic hydroxyl groups is 1. The molecule has 0 amide bonds. The van der Waals surface area contributed by atoms with Crippen molar-refractivity contribution in [2.24, 2.45) is 5.92 Å². The van der Waals surface area contributed by atoms with Gasteiger partial charge >= 0.3 is 0 Å². The third-order valence-corrected chi connectivity index (χ3v) is 1.84. The van der Waals surface area contributed by atoms with Gasteiger partial charge < -0.3 is 5.11 Å². The number of hydrogen-bond donors (Lipinski definition) is 2. The molecule has 1 unspecified atom stereocenters. The molecule has 0 bridgehead atoms. The van der Waals surface area contributed by atoms with Gasteiger partial charge in [0.25, 0.3) is 0 Å². The SMILES string of the molecule is CC[C@@H]1CCNC1O. The van der Waals surface area contributed by atoms with Gasteiger partial charge in [-0.25, -0.2) is 0 Å². The quantitative estimate of drug-likeness (QED) is 0.516. The predicted octanol–water partition coefficient (Wildman–Crippen LogP) is 0.324. The molecule has 0 aliphatic carbocycles. The van der Waals surface area contributed by atoms with Crippen LogP contribution in [0.1, 0.15) is 19.8 Å². The summed E-state index contributed by atoms with van der Waals surface area (Å²) in [7, 11) is 0. The zero-order valence-electron chi connectivity index (χ0n) is 5.22. The second-order valence-corrected chi connectivity index (χ2v) is 2.36. The van der Waals surface area contributed by atoms with Gasteiger partial charge in [-0.05, 0) is 25.3 Å². The van der Waals surface area contributed by atoms with E-state index in [1.54, 1.807) is 0 Å². The lowest BCUT2D eigenvalue weighted by Gasteiger charge is -2.09. The van der Waals surface area contributed by atoms with Crippen LogP contribution in [0.3, 0.4) is 0 Å². The van der Waals surface area contributed by atoms with Gasteiger partial charge in [0.15, 0.2) is 0 Å². The van der Waals surface area contributed by atoms with Crippen LogP contribution < -0.4 is 5.32 Å². The summed E-state index contributed by atoms with van der Waals surface area (Å²) >= 11 is 0. The van der Waals surface area contributed by atoms with Gasteiger partial charge in [-0.3, -0.25) is 5.32 Å². The van der Waals surface area contributed by atoms with Crippen molar-refractivity contribution in [1.82, 2.24) is 5.32 Å². The first-order valence-electron chi connectivity index (χ1n) is 3.26. The largest absolute Gasteiger partial charge is 0.378 e. The minimum atomic E-state index is -0.222. The van der Waals surface area contributed by atoms with Gasteiger partial charge in [-0.2, -0.15) is 0 Å². The summed E-state index contributed by atoms with van der Waals surface area (Å²) in [6.07, 6.45) is 2.01. The normalized spacial score (nSPS) is 38.2. The molecule has 0 aromatic rings. The van der Waals surface area contributed by atoms with Crippen LogP contribution in [0, 0.1) is 5.92 Å². The van der Waals surface area contributed by atoms with E-state index >= 15 is 0 Å². The van der Waals surface area contributed by atoms with Gasteiger partial charge in [-0.1, -0.05) is 6.92 Å². The Kier molecular flexibility index (Phi) is 1.86. The molecule has 1 fully saturated rings. The lowest BCUT2D eigenvalue weighted by molar-refractivity contribution is 0.111. The van der Waals surface area contributed by atoms with Crippen molar-refractivity contribution in [1.29, 1.82) is 0 Å². The Balaban J connectivity index is 2.30. The summed E-state index contributed by atoms with van der Waals surface area (Å²) in [6.45, 7) is 3.10. The van der Waals surface area contributed by atoms with E-state index in [2.05, 4.69) is 12.2 Å². The van der Waals surface area contributed by atoms with Gasteiger partial charge in [0, 0.05) is 0 Å². The van der Waals surface area contributed by atoms with Crippen LogP contribution in [0.25, 0.3) is 0 Å². The smallest absolute Gasteiger partial charge is 0.107 e. The molecule has 0 radical (unpaired) electrons. The monoisotopic (exact) mass is 115 g/mol. The van der Waals surface area contributed by atoms with Gasteiger partial charge in [0.1, 0.15) is 6.23 Å². The Labute approximate surface area is 49.9 Å². The van der Waals surface area contributed by atoms with E-state index in [4.69, 9.17) is 5.11 Å². The van der Waals surface area contributed by atoms with Gasteiger partial charge in [0.2, 0.25) is 0 Å². The predicted molar refractivity (Wildman–Crippen MR) is 32.4 cm³/mol. The van der Waals surface area contributed by atoms with E-state index in [1.165, 1.54) is 0 Å². The standard InChI is InChI=1S/C6H13NO/c1-2-5-3-4-7-6(5)8/h5-8H,2-4H2,1H3/t5-,6?/m1/s1. The van der Waals surface area contributed by atoms with Crippen molar-refractivity contribution in [2.45, 2.75) is 26.0 Å². The van der Waals surface area contributed by atoms with Crippen molar-refractivity contribution in [3.05, 3.63) is 0 Å². The van der Waals surface area contributed by atoms with Crippen LogP contribution in [0.5, 0.6) is 0 Å². The molecule has 1 rings (SSSR count). The molecule has 1 aliphatic heterocycles. The summed E-state index contributed by atoms with van der Waals surface area (Å²) in [6, 6.07) is 0. The molecule has 1 saturated heterocycles. The molecule has 0 aromatic carbocycles. The molecule has 2 heteroatoms. The highest BCUT2D eigenvalue weighted by Crippen LogP contribution is 2.15. The highest BCUT2D eigenvalue weighted by Gasteiger charge is 2.21. The third kappa shape index (κ3) is 1.01. The van der Waals surface area contributed by atoms with Crippen molar-refractivity contribution in [3.63, 3.8) is 0 Å². The van der Waals surface area contributed by atoms with Crippen LogP contribution in [0.15, 0.2) is 0 Å². The molecule has 8 heavy (non-hydrogen) atoms. The van der Waals surface area contributed by atoms with E-state index in [-0.39, 0.29) is 6.23 Å². The minimum Gasteiger partial charge on any atom is -0.378 e. The molecular weight excluding hydrogens is 102 g/mol. The summed E-state index contributed by atoms with van der Waals surface area (Å²) in [5.41, 5.74) is 0. The lowest BCUT2D eigenvalue weighted by Crippen LogP contribution is -2.25. The summed E-state index contributed by atoms with van der Waals surface area (Å²) in [5.74, 6) is 0.509. The number of aliphatic hydroxyl groups excluding tert-OH is 1. The second kappa shape index (κ2) is 2.46. The van der Waals surface area contributed by atoms with Crippen LogP contribution in [0.2, 0.25) is 0 Å². The fraction of sp³-hybridized carbons (Fsp3) is 1.00. The summed E-state index contributed by atoms with van der Waals surface area (Å²) < 4.78 is 0. The Bertz CT molecular complexity index is 74.9. The molecule has 1 heterocycles. The van der Waals surface area contributed by atoms with E-state index in [1.807, 2.05) is 0 Å². The van der Waals surface area contributed by atoms with Crippen molar-refractivity contribution < 1.29 is 5.11 Å². The van der Waals surface area contributed by atoms with Crippen LogP contribution in [-0.4, -0.2) is 17.9 Å². The summed E-state index contributed by atoms with van der Waals surface area (Å²) in [4.78, 5) is 0. The Morgan fingerprint density at radius 2 is 2.50 bits per heavy atom. The highest BCUT2D eigenvalue weighted by atomic mass is 16.3. The first-order chi connectivity index (χ1) is 3.84. The van der Waals surface area contributed by atoms with Crippen molar-refractivity contribution in [3.8, 4) is 0 Å². The molecule has 0 spiro atoms. The molecule has 0 saturated carbocycles. The molecule has 2 nitrogen and oxygen atoms in total. The van der Waals surface area contributed by atoms with E-state index in [0.29, 0.717) is 5.92 Å². The fourth-order valence-corrected chi connectivity index (χ4v) is 1.17. The van der Waals surface area contributed by atoms with Crippen LogP contribution in [0.4, 0.5) is 0 Å². The maximum Gasteiger partial charge on any atom is 0.107 e. The van der Waals surface area contributed by atoms with Crippen molar-refractivity contribution in [2.75, 3.05) is 6.54 Å². The molecular formula is C6H13NO. The number of rotatable bonds is 1. The first-order valence-corrected chi connectivity index (χ1v) is 3.26. The molecule has 0 aromatic heterocycles. The zero-order valence-corrected chi connectivity index (χ0v) is 5.22. The van der Waals surface area contributed by atoms with Crippen LogP contribution >= 0.6 is 0 Å². The summed E-state index contributed by atoms with van der Waals surface area (Å²) in [5, 5.41) is 12.1. The number of hydrogen-bond acceptors (Lipinski definition) is 2. The Hall–Kier alpha value is -0.0800. The van der Waals surface area contributed by atoms with Gasteiger partial charge in [0.05, 0.1) is 0 Å². The van der Waals surface area contributed by atoms with E-state index in [0.717, 1.165) is 19.4 Å². The molecule has 2 N–H and O–H groups in total. The number of nitrogens with one attached hydrogen (secondary N) is 1. The average molecular weight is 115 g/mol. The lowest BCUT2D eigenvalue weighted by atomic mass is 10.1. The maximum absolute atomic E-state index is 9.08. The average Bonchev–Trinajstić information content (AvgIpc) is 2.14. The van der Waals surface area contributed by atoms with Gasteiger partial charge in [-0.15, -0.1) is 0 Å². The fourth-order valence-electron chi connectivity index (χ4n) is 1.17. The third-order valence-electron chi connectivity index (χ3n) is 1.84. The van der Waals surface area contributed by atoms with E-state index < -0.39 is 0 Å². The highest BCUT2D eigenvalue weighted by molar-refractivity contribution is 4.73. The molecule has 1 aliphatic rings. The zero-order chi connectivity index (χ0) is 5.98. The second-order valence-electron chi connectivity index (χ2n) is 2.36. The Morgan fingerprint density at radius 1 is 1.75 bits per heavy atom. The van der Waals surface area contributed by atoms with Crippen LogP contribution in [-0.2, 0) is 0 Å². The van der Waals surface area contributed by atoms with Crippen molar-refractivity contribution >= 4 is 0 Å². The maximum atomic E-state index is 9.08. The molecule has 48 valence electrons. The minimum absolute atomic E-state index is 0.222. The Morgan fingerprint density at radius 3 is 2.75 bits per heavy atom.